The predicted octanol–water partition coefficient (Wildman–Crippen LogP) is 2.63. The lowest BCUT2D eigenvalue weighted by Gasteiger charge is -2.22. The summed E-state index contributed by atoms with van der Waals surface area (Å²) < 4.78 is 0.886. The second-order valence-electron chi connectivity index (χ2n) is 4.52. The number of hydrogen-bond acceptors (Lipinski definition) is 2. The van der Waals surface area contributed by atoms with E-state index < -0.39 is 5.54 Å². The zero-order valence-corrected chi connectivity index (χ0v) is 12.0. The lowest BCUT2D eigenvalue weighted by atomic mass is 9.92. The number of rotatable bonds is 3. The van der Waals surface area contributed by atoms with Crippen molar-refractivity contribution in [3.05, 3.63) is 34.3 Å². The van der Waals surface area contributed by atoms with Crippen LogP contribution in [-0.4, -0.2) is 23.4 Å². The summed E-state index contributed by atoms with van der Waals surface area (Å²) in [4.78, 5) is 25.5. The van der Waals surface area contributed by atoms with E-state index in [1.165, 1.54) is 4.90 Å². The Morgan fingerprint density at radius 2 is 2.11 bits per heavy atom. The van der Waals surface area contributed by atoms with Gasteiger partial charge in [-0.1, -0.05) is 35.0 Å². The van der Waals surface area contributed by atoms with Crippen LogP contribution in [0.25, 0.3) is 0 Å². The Kier molecular flexibility index (Phi) is 3.43. The highest BCUT2D eigenvalue weighted by molar-refractivity contribution is 9.10. The van der Waals surface area contributed by atoms with Crippen LogP contribution in [-0.2, 0) is 10.3 Å². The minimum Gasteiger partial charge on any atom is -0.319 e. The molecule has 0 spiro atoms. The van der Waals surface area contributed by atoms with Crippen LogP contribution in [0.2, 0.25) is 0 Å². The monoisotopic (exact) mass is 310 g/mol. The fourth-order valence-electron chi connectivity index (χ4n) is 2.12. The number of imide groups is 1. The zero-order chi connectivity index (χ0) is 13.3. The second kappa shape index (κ2) is 4.72. The molecular formula is C13H15BrN2O2. The maximum absolute atomic E-state index is 12.4. The fourth-order valence-corrected chi connectivity index (χ4v) is 2.52. The van der Waals surface area contributed by atoms with Crippen LogP contribution in [0.1, 0.15) is 25.8 Å². The van der Waals surface area contributed by atoms with Crippen molar-refractivity contribution in [1.29, 1.82) is 0 Å². The molecule has 3 amide bonds. The smallest absolute Gasteiger partial charge is 0.319 e. The van der Waals surface area contributed by atoms with Crippen LogP contribution in [0.15, 0.2) is 28.7 Å². The van der Waals surface area contributed by atoms with E-state index in [0.29, 0.717) is 6.54 Å². The first-order chi connectivity index (χ1) is 8.49. The SMILES string of the molecule is CCCN1C(=O)N[C@](C)(c2cccc(Br)c2)C1=O. The summed E-state index contributed by atoms with van der Waals surface area (Å²) in [7, 11) is 0. The van der Waals surface area contributed by atoms with Gasteiger partial charge in [-0.25, -0.2) is 4.79 Å². The molecule has 18 heavy (non-hydrogen) atoms. The van der Waals surface area contributed by atoms with Gasteiger partial charge in [0.25, 0.3) is 5.91 Å². The Labute approximate surface area is 114 Å². The molecule has 1 aromatic carbocycles. The van der Waals surface area contributed by atoms with Crippen LogP contribution in [0.5, 0.6) is 0 Å². The highest BCUT2D eigenvalue weighted by Crippen LogP contribution is 2.30. The van der Waals surface area contributed by atoms with Gasteiger partial charge in [0.1, 0.15) is 5.54 Å². The molecular weight excluding hydrogens is 296 g/mol. The van der Waals surface area contributed by atoms with Gasteiger partial charge in [-0.2, -0.15) is 0 Å². The molecule has 1 fully saturated rings. The fraction of sp³-hybridized carbons (Fsp3) is 0.385. The lowest BCUT2D eigenvalue weighted by molar-refractivity contribution is -0.131. The van der Waals surface area contributed by atoms with Crippen LogP contribution in [0.3, 0.4) is 0 Å². The number of nitrogens with one attached hydrogen (secondary N) is 1. The van der Waals surface area contributed by atoms with E-state index in [0.717, 1.165) is 16.5 Å². The van der Waals surface area contributed by atoms with Gasteiger partial charge in [-0.3, -0.25) is 9.69 Å². The predicted molar refractivity (Wildman–Crippen MR) is 72.0 cm³/mol. The van der Waals surface area contributed by atoms with E-state index in [-0.39, 0.29) is 11.9 Å². The molecule has 0 aliphatic carbocycles. The number of urea groups is 1. The molecule has 0 radical (unpaired) electrons. The summed E-state index contributed by atoms with van der Waals surface area (Å²) in [6, 6.07) is 7.13. The van der Waals surface area contributed by atoms with E-state index in [2.05, 4.69) is 21.2 Å². The first kappa shape index (κ1) is 13.1. The molecule has 1 aromatic rings. The lowest BCUT2D eigenvalue weighted by Crippen LogP contribution is -2.41. The highest BCUT2D eigenvalue weighted by Gasteiger charge is 2.48. The minimum absolute atomic E-state index is 0.188. The number of carbonyl (C=O) groups is 2. The first-order valence-corrected chi connectivity index (χ1v) is 6.68. The maximum Gasteiger partial charge on any atom is 0.325 e. The summed E-state index contributed by atoms with van der Waals surface area (Å²) >= 11 is 3.38. The highest BCUT2D eigenvalue weighted by atomic mass is 79.9. The number of benzene rings is 1. The van der Waals surface area contributed by atoms with Gasteiger partial charge in [-0.05, 0) is 31.0 Å². The van der Waals surface area contributed by atoms with Gasteiger partial charge in [0.05, 0.1) is 0 Å². The molecule has 5 heteroatoms. The Balaban J connectivity index is 2.38. The van der Waals surface area contributed by atoms with E-state index in [4.69, 9.17) is 0 Å². The molecule has 4 nitrogen and oxygen atoms in total. The van der Waals surface area contributed by atoms with Crippen molar-refractivity contribution in [2.45, 2.75) is 25.8 Å². The Hall–Kier alpha value is -1.36. The number of amides is 3. The molecule has 96 valence electrons. The summed E-state index contributed by atoms with van der Waals surface area (Å²) in [5, 5.41) is 2.78. The Bertz CT molecular complexity index is 504. The van der Waals surface area contributed by atoms with Crippen molar-refractivity contribution in [3.8, 4) is 0 Å². The summed E-state index contributed by atoms with van der Waals surface area (Å²) in [5.41, 5.74) is -0.176. The molecule has 2 rings (SSSR count). The molecule has 0 saturated carbocycles. The molecule has 0 unspecified atom stereocenters. The van der Waals surface area contributed by atoms with Crippen LogP contribution in [0.4, 0.5) is 4.79 Å². The van der Waals surface area contributed by atoms with Gasteiger partial charge in [0.2, 0.25) is 0 Å². The Morgan fingerprint density at radius 1 is 1.39 bits per heavy atom. The van der Waals surface area contributed by atoms with Gasteiger partial charge >= 0.3 is 6.03 Å². The molecule has 1 heterocycles. The summed E-state index contributed by atoms with van der Waals surface area (Å²) in [6.45, 7) is 4.13. The first-order valence-electron chi connectivity index (χ1n) is 5.89. The van der Waals surface area contributed by atoms with Crippen molar-refractivity contribution in [1.82, 2.24) is 10.2 Å². The van der Waals surface area contributed by atoms with Crippen molar-refractivity contribution >= 4 is 27.9 Å². The number of hydrogen-bond donors (Lipinski definition) is 1. The second-order valence-corrected chi connectivity index (χ2v) is 5.44. The van der Waals surface area contributed by atoms with Gasteiger partial charge in [0, 0.05) is 11.0 Å². The third kappa shape index (κ3) is 2.03. The van der Waals surface area contributed by atoms with Crippen molar-refractivity contribution < 1.29 is 9.59 Å². The van der Waals surface area contributed by atoms with E-state index in [1.807, 2.05) is 31.2 Å². The molecule has 1 aliphatic rings. The van der Waals surface area contributed by atoms with Gasteiger partial charge in [-0.15, -0.1) is 0 Å². The van der Waals surface area contributed by atoms with E-state index >= 15 is 0 Å². The van der Waals surface area contributed by atoms with E-state index in [1.54, 1.807) is 6.92 Å². The molecule has 1 saturated heterocycles. The number of carbonyl (C=O) groups excluding carboxylic acids is 2. The average Bonchev–Trinajstić information content (AvgIpc) is 2.55. The minimum atomic E-state index is -0.962. The van der Waals surface area contributed by atoms with Crippen LogP contribution < -0.4 is 5.32 Å². The van der Waals surface area contributed by atoms with Gasteiger partial charge < -0.3 is 5.32 Å². The molecule has 0 aromatic heterocycles. The Morgan fingerprint density at radius 3 is 2.72 bits per heavy atom. The zero-order valence-electron chi connectivity index (χ0n) is 10.4. The van der Waals surface area contributed by atoms with Crippen LogP contribution in [0, 0.1) is 0 Å². The molecule has 1 aliphatic heterocycles. The summed E-state index contributed by atoms with van der Waals surface area (Å²) in [5.74, 6) is -0.188. The van der Waals surface area contributed by atoms with Crippen molar-refractivity contribution in [3.63, 3.8) is 0 Å². The molecule has 1 N–H and O–H groups in total. The molecule has 0 bridgehead atoms. The topological polar surface area (TPSA) is 49.4 Å². The third-order valence-electron chi connectivity index (χ3n) is 3.12. The van der Waals surface area contributed by atoms with Crippen molar-refractivity contribution in [2.24, 2.45) is 0 Å². The number of nitrogens with zero attached hydrogens (tertiary/aromatic N) is 1. The van der Waals surface area contributed by atoms with Crippen LogP contribution >= 0.6 is 15.9 Å². The standard InChI is InChI=1S/C13H15BrN2O2/c1-3-7-16-11(17)13(2,15-12(16)18)9-5-4-6-10(14)8-9/h4-6,8H,3,7H2,1-2H3,(H,15,18)/t13-/m1/s1. The quantitative estimate of drug-likeness (QED) is 0.873. The normalized spacial score (nSPS) is 23.4. The van der Waals surface area contributed by atoms with Crippen molar-refractivity contribution in [2.75, 3.05) is 6.54 Å². The van der Waals surface area contributed by atoms with Gasteiger partial charge in [0.15, 0.2) is 0 Å². The van der Waals surface area contributed by atoms with E-state index in [9.17, 15) is 9.59 Å². The third-order valence-corrected chi connectivity index (χ3v) is 3.62. The average molecular weight is 311 g/mol. The summed E-state index contributed by atoms with van der Waals surface area (Å²) in [6.07, 6.45) is 0.758. The number of halogens is 1. The largest absolute Gasteiger partial charge is 0.325 e. The maximum atomic E-state index is 12.4. The molecule has 1 atom stereocenters.